The molecule has 3 N–H and O–H groups in total. The minimum atomic E-state index is -0.695. The molecular weight excluding hydrogens is 192 g/mol. The van der Waals surface area contributed by atoms with Gasteiger partial charge in [-0.25, -0.2) is 0 Å². The quantitative estimate of drug-likeness (QED) is 0.706. The molecule has 4 nitrogen and oxygen atoms in total. The fourth-order valence-electron chi connectivity index (χ4n) is 1.73. The molecule has 1 heterocycles. The van der Waals surface area contributed by atoms with E-state index in [9.17, 15) is 4.79 Å². The largest absolute Gasteiger partial charge is 0.381 e. The van der Waals surface area contributed by atoms with Gasteiger partial charge in [-0.2, -0.15) is 0 Å². The Labute approximate surface area is 91.5 Å². The molecule has 0 aliphatic carbocycles. The second-order valence-electron chi connectivity index (χ2n) is 4.30. The molecule has 15 heavy (non-hydrogen) atoms. The van der Waals surface area contributed by atoms with E-state index in [0.29, 0.717) is 25.3 Å². The zero-order valence-electron chi connectivity index (χ0n) is 9.71. The Morgan fingerprint density at radius 2 is 2.20 bits per heavy atom. The average Bonchev–Trinajstić information content (AvgIpc) is 2.77. The summed E-state index contributed by atoms with van der Waals surface area (Å²) < 4.78 is 5.25. The summed E-state index contributed by atoms with van der Waals surface area (Å²) in [7, 11) is 0. The van der Waals surface area contributed by atoms with Crippen LogP contribution >= 0.6 is 0 Å². The van der Waals surface area contributed by atoms with Crippen LogP contribution in [0.15, 0.2) is 0 Å². The van der Waals surface area contributed by atoms with Crippen LogP contribution in [0.3, 0.4) is 0 Å². The van der Waals surface area contributed by atoms with Crippen molar-refractivity contribution < 1.29 is 9.53 Å². The minimum Gasteiger partial charge on any atom is -0.381 e. The maximum Gasteiger partial charge on any atom is 0.240 e. The Balaban J connectivity index is 2.33. The molecule has 4 heteroatoms. The fraction of sp³-hybridized carbons (Fsp3) is 0.909. The van der Waals surface area contributed by atoms with Crippen molar-refractivity contribution in [1.82, 2.24) is 5.32 Å². The van der Waals surface area contributed by atoms with E-state index in [4.69, 9.17) is 10.5 Å². The lowest BCUT2D eigenvalue weighted by atomic mass is 9.93. The average molecular weight is 214 g/mol. The molecule has 0 aromatic rings. The monoisotopic (exact) mass is 214 g/mol. The molecule has 0 saturated carbocycles. The third-order valence-electron chi connectivity index (χ3n) is 3.29. The topological polar surface area (TPSA) is 64.4 Å². The van der Waals surface area contributed by atoms with Gasteiger partial charge in [-0.15, -0.1) is 0 Å². The molecule has 1 unspecified atom stereocenters. The van der Waals surface area contributed by atoms with Crippen molar-refractivity contribution in [2.24, 2.45) is 11.7 Å². The maximum absolute atomic E-state index is 11.8. The second kappa shape index (κ2) is 5.47. The first-order valence-corrected chi connectivity index (χ1v) is 5.77. The normalized spacial score (nSPS) is 21.7. The predicted molar refractivity (Wildman–Crippen MR) is 59.4 cm³/mol. The van der Waals surface area contributed by atoms with Crippen LogP contribution in [-0.4, -0.2) is 31.2 Å². The van der Waals surface area contributed by atoms with E-state index in [-0.39, 0.29) is 5.91 Å². The maximum atomic E-state index is 11.8. The Morgan fingerprint density at radius 3 is 2.67 bits per heavy atom. The van der Waals surface area contributed by atoms with E-state index in [0.717, 1.165) is 19.6 Å². The molecule has 0 radical (unpaired) electrons. The van der Waals surface area contributed by atoms with Crippen molar-refractivity contribution >= 4 is 5.91 Å². The van der Waals surface area contributed by atoms with Crippen molar-refractivity contribution in [3.05, 3.63) is 0 Å². The number of carbonyl (C=O) groups is 1. The van der Waals surface area contributed by atoms with E-state index in [1.807, 2.05) is 13.8 Å². The number of hydrogen-bond donors (Lipinski definition) is 2. The lowest BCUT2D eigenvalue weighted by Gasteiger charge is -2.25. The highest BCUT2D eigenvalue weighted by molar-refractivity contribution is 5.85. The molecule has 1 rings (SSSR count). The van der Waals surface area contributed by atoms with Crippen molar-refractivity contribution in [1.29, 1.82) is 0 Å². The number of ether oxygens (including phenoxy) is 1. The number of rotatable bonds is 5. The molecule has 0 bridgehead atoms. The lowest BCUT2D eigenvalue weighted by Crippen LogP contribution is -2.53. The van der Waals surface area contributed by atoms with Crippen LogP contribution in [0.1, 0.15) is 33.1 Å². The second-order valence-corrected chi connectivity index (χ2v) is 4.30. The van der Waals surface area contributed by atoms with E-state index in [2.05, 4.69) is 5.32 Å². The smallest absolute Gasteiger partial charge is 0.240 e. The molecule has 0 aromatic carbocycles. The molecule has 0 aromatic heterocycles. The van der Waals surface area contributed by atoms with Crippen molar-refractivity contribution in [2.75, 3.05) is 19.8 Å². The van der Waals surface area contributed by atoms with Gasteiger partial charge in [0, 0.05) is 19.1 Å². The van der Waals surface area contributed by atoms with Crippen LogP contribution in [0, 0.1) is 5.92 Å². The van der Waals surface area contributed by atoms with Gasteiger partial charge in [0.2, 0.25) is 5.91 Å². The van der Waals surface area contributed by atoms with Gasteiger partial charge >= 0.3 is 0 Å². The van der Waals surface area contributed by atoms with Gasteiger partial charge in [0.15, 0.2) is 0 Å². The Bertz CT molecular complexity index is 209. The van der Waals surface area contributed by atoms with Gasteiger partial charge in [-0.3, -0.25) is 4.79 Å². The van der Waals surface area contributed by atoms with E-state index < -0.39 is 5.54 Å². The molecular formula is C11H22N2O2. The first-order chi connectivity index (χ1) is 7.12. The van der Waals surface area contributed by atoms with Crippen molar-refractivity contribution in [3.63, 3.8) is 0 Å². The van der Waals surface area contributed by atoms with E-state index in [1.54, 1.807) is 0 Å². The van der Waals surface area contributed by atoms with Crippen LogP contribution < -0.4 is 11.1 Å². The molecule has 1 aliphatic heterocycles. The minimum absolute atomic E-state index is 0.0283. The highest BCUT2D eigenvalue weighted by atomic mass is 16.5. The first kappa shape index (κ1) is 12.5. The number of hydrogen-bond acceptors (Lipinski definition) is 3. The molecule has 1 aliphatic rings. The fourth-order valence-corrected chi connectivity index (χ4v) is 1.73. The summed E-state index contributed by atoms with van der Waals surface area (Å²) in [5.74, 6) is 0.436. The first-order valence-electron chi connectivity index (χ1n) is 5.77. The summed E-state index contributed by atoms with van der Waals surface area (Å²) in [6, 6.07) is 0. The molecule has 1 atom stereocenters. The molecule has 88 valence electrons. The number of nitrogens with one attached hydrogen (secondary N) is 1. The highest BCUT2D eigenvalue weighted by Crippen LogP contribution is 2.13. The van der Waals surface area contributed by atoms with Gasteiger partial charge in [0.1, 0.15) is 0 Å². The van der Waals surface area contributed by atoms with Gasteiger partial charge in [-0.1, -0.05) is 13.8 Å². The zero-order chi connectivity index (χ0) is 11.3. The summed E-state index contributed by atoms with van der Waals surface area (Å²) in [5, 5.41) is 2.92. The summed E-state index contributed by atoms with van der Waals surface area (Å²) in [4.78, 5) is 11.8. The number of nitrogens with two attached hydrogens (primary N) is 1. The molecule has 1 saturated heterocycles. The summed E-state index contributed by atoms with van der Waals surface area (Å²) in [5.41, 5.74) is 5.29. The van der Waals surface area contributed by atoms with Gasteiger partial charge in [-0.05, 0) is 19.3 Å². The van der Waals surface area contributed by atoms with Crippen molar-refractivity contribution in [2.45, 2.75) is 38.6 Å². The zero-order valence-corrected chi connectivity index (χ0v) is 9.71. The van der Waals surface area contributed by atoms with Crippen molar-refractivity contribution in [3.8, 4) is 0 Å². The number of carbonyl (C=O) groups excluding carboxylic acids is 1. The van der Waals surface area contributed by atoms with Crippen LogP contribution in [0.25, 0.3) is 0 Å². The third-order valence-corrected chi connectivity index (χ3v) is 3.29. The van der Waals surface area contributed by atoms with Crippen LogP contribution in [0.2, 0.25) is 0 Å². The predicted octanol–water partition coefficient (Wildman–Crippen LogP) is 0.657. The molecule has 0 spiro atoms. The van der Waals surface area contributed by atoms with Crippen LogP contribution in [0.5, 0.6) is 0 Å². The number of amides is 1. The Kier molecular flexibility index (Phi) is 4.54. The highest BCUT2D eigenvalue weighted by Gasteiger charge is 2.30. The SMILES string of the molecule is CCC(N)(CC)C(=O)NCC1CCOC1. The molecule has 1 amide bonds. The standard InChI is InChI=1S/C11H22N2O2/c1-3-11(12,4-2)10(14)13-7-9-5-6-15-8-9/h9H,3-8,12H2,1-2H3,(H,13,14). The van der Waals surface area contributed by atoms with Gasteiger partial charge < -0.3 is 15.8 Å². The Hall–Kier alpha value is -0.610. The third kappa shape index (κ3) is 3.18. The summed E-state index contributed by atoms with van der Waals surface area (Å²) in [6.45, 7) is 6.16. The summed E-state index contributed by atoms with van der Waals surface area (Å²) >= 11 is 0. The molecule has 1 fully saturated rings. The van der Waals surface area contributed by atoms with E-state index in [1.165, 1.54) is 0 Å². The summed E-state index contributed by atoms with van der Waals surface area (Å²) in [6.07, 6.45) is 2.39. The Morgan fingerprint density at radius 1 is 1.53 bits per heavy atom. The van der Waals surface area contributed by atoms with Gasteiger partial charge in [0.05, 0.1) is 12.1 Å². The lowest BCUT2D eigenvalue weighted by molar-refractivity contribution is -0.126. The van der Waals surface area contributed by atoms with Crippen LogP contribution in [-0.2, 0) is 9.53 Å². The van der Waals surface area contributed by atoms with Crippen LogP contribution in [0.4, 0.5) is 0 Å². The van der Waals surface area contributed by atoms with E-state index >= 15 is 0 Å². The van der Waals surface area contributed by atoms with Gasteiger partial charge in [0.25, 0.3) is 0 Å².